The molecule has 0 spiro atoms. The molecule has 0 saturated heterocycles. The summed E-state index contributed by atoms with van der Waals surface area (Å²) in [7, 11) is 0. The number of hydrazine groups is 1. The summed E-state index contributed by atoms with van der Waals surface area (Å²) >= 11 is 0. The predicted octanol–water partition coefficient (Wildman–Crippen LogP) is 3.27. The Morgan fingerprint density at radius 1 is 1.42 bits per heavy atom. The first-order valence-corrected chi connectivity index (χ1v) is 7.28. The number of nitrogens with two attached hydrogens (primary N) is 1. The molecule has 1 aromatic carbocycles. The molecule has 0 aliphatic heterocycles. The second-order valence-corrected chi connectivity index (χ2v) is 5.93. The van der Waals surface area contributed by atoms with Crippen LogP contribution in [0, 0.1) is 0 Å². The van der Waals surface area contributed by atoms with E-state index >= 15 is 0 Å². The molecule has 106 valence electrons. The molecule has 19 heavy (non-hydrogen) atoms. The molecule has 0 bridgehead atoms. The lowest BCUT2D eigenvalue weighted by atomic mass is 9.79. The Bertz CT molecular complexity index is 413. The topological polar surface area (TPSA) is 47.3 Å². The number of hydrogen-bond donors (Lipinski definition) is 2. The molecule has 3 heteroatoms. The Morgan fingerprint density at radius 2 is 2.16 bits per heavy atom. The zero-order chi connectivity index (χ0) is 13.9. The lowest BCUT2D eigenvalue weighted by Gasteiger charge is -2.35. The van der Waals surface area contributed by atoms with Crippen LogP contribution in [0.2, 0.25) is 0 Å². The second-order valence-electron chi connectivity index (χ2n) is 5.93. The van der Waals surface area contributed by atoms with Crippen molar-refractivity contribution in [3.8, 4) is 0 Å². The molecule has 1 aliphatic rings. The summed E-state index contributed by atoms with van der Waals surface area (Å²) in [4.78, 5) is 0. The molecule has 3 nitrogen and oxygen atoms in total. The summed E-state index contributed by atoms with van der Waals surface area (Å²) in [5.41, 5.74) is 5.26. The van der Waals surface area contributed by atoms with E-state index in [9.17, 15) is 0 Å². The van der Waals surface area contributed by atoms with Gasteiger partial charge in [-0.2, -0.15) is 0 Å². The molecule has 0 amide bonds. The van der Waals surface area contributed by atoms with Crippen molar-refractivity contribution in [2.24, 2.45) is 5.84 Å². The van der Waals surface area contributed by atoms with E-state index in [0.717, 1.165) is 5.92 Å². The average molecular weight is 262 g/mol. The van der Waals surface area contributed by atoms with Crippen molar-refractivity contribution < 1.29 is 4.74 Å². The molecule has 1 atom stereocenters. The maximum atomic E-state index is 5.83. The van der Waals surface area contributed by atoms with Crippen LogP contribution in [0.3, 0.4) is 0 Å². The van der Waals surface area contributed by atoms with Gasteiger partial charge in [0.05, 0.1) is 11.6 Å². The zero-order valence-corrected chi connectivity index (χ0v) is 12.3. The molecule has 1 unspecified atom stereocenters. The normalized spacial score (nSPS) is 18.1. The monoisotopic (exact) mass is 262 g/mol. The molecule has 1 fully saturated rings. The summed E-state index contributed by atoms with van der Waals surface area (Å²) in [5.74, 6) is 6.51. The molecule has 3 N–H and O–H groups in total. The number of hydrogen-bond acceptors (Lipinski definition) is 3. The van der Waals surface area contributed by atoms with Gasteiger partial charge in [0.1, 0.15) is 0 Å². The SMILES string of the molecule is CCOC(C)(C)C(NN)c1cccc(C2CCC2)c1. The second kappa shape index (κ2) is 6.04. The fraction of sp³-hybridized carbons (Fsp3) is 0.625. The molecule has 2 rings (SSSR count). The summed E-state index contributed by atoms with van der Waals surface area (Å²) in [6.07, 6.45) is 4.00. The van der Waals surface area contributed by atoms with Crippen molar-refractivity contribution in [1.82, 2.24) is 5.43 Å². The first kappa shape index (κ1) is 14.5. The van der Waals surface area contributed by atoms with Gasteiger partial charge in [-0.25, -0.2) is 0 Å². The third-order valence-electron chi connectivity index (χ3n) is 4.20. The van der Waals surface area contributed by atoms with Gasteiger partial charge in [0.15, 0.2) is 0 Å². The summed E-state index contributed by atoms with van der Waals surface area (Å²) in [6.45, 7) is 6.86. The number of rotatable bonds is 6. The van der Waals surface area contributed by atoms with Gasteiger partial charge in [0.25, 0.3) is 0 Å². The lowest BCUT2D eigenvalue weighted by Crippen LogP contribution is -2.44. The van der Waals surface area contributed by atoms with E-state index in [0.29, 0.717) is 6.61 Å². The Balaban J connectivity index is 2.22. The van der Waals surface area contributed by atoms with Gasteiger partial charge in [-0.3, -0.25) is 11.3 Å². The highest BCUT2D eigenvalue weighted by atomic mass is 16.5. The van der Waals surface area contributed by atoms with Gasteiger partial charge in [0.2, 0.25) is 0 Å². The van der Waals surface area contributed by atoms with Crippen molar-refractivity contribution in [3.05, 3.63) is 35.4 Å². The number of benzene rings is 1. The largest absolute Gasteiger partial charge is 0.374 e. The Labute approximate surface area is 116 Å². The van der Waals surface area contributed by atoms with Crippen LogP contribution >= 0.6 is 0 Å². The van der Waals surface area contributed by atoms with Crippen LogP contribution in [-0.2, 0) is 4.74 Å². The molecular formula is C16H26N2O. The van der Waals surface area contributed by atoms with E-state index in [2.05, 4.69) is 43.5 Å². The van der Waals surface area contributed by atoms with E-state index in [-0.39, 0.29) is 11.6 Å². The van der Waals surface area contributed by atoms with E-state index in [1.165, 1.54) is 30.4 Å². The standard InChI is InChI=1S/C16H26N2O/c1-4-19-16(2,3)15(18-17)14-10-6-9-13(11-14)12-7-5-8-12/h6,9-12,15,18H,4-5,7-8,17H2,1-3H3. The summed E-state index contributed by atoms with van der Waals surface area (Å²) < 4.78 is 5.83. The minimum Gasteiger partial charge on any atom is -0.374 e. The number of nitrogens with one attached hydrogen (secondary N) is 1. The van der Waals surface area contributed by atoms with Crippen LogP contribution in [0.1, 0.15) is 63.1 Å². The lowest BCUT2D eigenvalue weighted by molar-refractivity contribution is -0.0393. The van der Waals surface area contributed by atoms with Crippen LogP contribution in [0.4, 0.5) is 0 Å². The molecule has 1 aromatic rings. The highest BCUT2D eigenvalue weighted by Gasteiger charge is 2.31. The van der Waals surface area contributed by atoms with Crippen molar-refractivity contribution in [2.45, 2.75) is 57.6 Å². The van der Waals surface area contributed by atoms with E-state index in [1.54, 1.807) is 0 Å². The van der Waals surface area contributed by atoms with Crippen LogP contribution in [0.25, 0.3) is 0 Å². The molecule has 1 aliphatic carbocycles. The maximum Gasteiger partial charge on any atom is 0.0833 e. The van der Waals surface area contributed by atoms with Crippen LogP contribution in [0.5, 0.6) is 0 Å². The number of ether oxygens (including phenoxy) is 1. The maximum absolute atomic E-state index is 5.83. The highest BCUT2D eigenvalue weighted by molar-refractivity contribution is 5.31. The van der Waals surface area contributed by atoms with Crippen molar-refractivity contribution in [1.29, 1.82) is 0 Å². The van der Waals surface area contributed by atoms with Gasteiger partial charge in [-0.1, -0.05) is 30.7 Å². The third kappa shape index (κ3) is 3.16. The van der Waals surface area contributed by atoms with Crippen LogP contribution in [-0.4, -0.2) is 12.2 Å². The van der Waals surface area contributed by atoms with Crippen molar-refractivity contribution >= 4 is 0 Å². The van der Waals surface area contributed by atoms with Crippen molar-refractivity contribution in [2.75, 3.05) is 6.61 Å². The zero-order valence-electron chi connectivity index (χ0n) is 12.3. The van der Waals surface area contributed by atoms with Crippen LogP contribution in [0.15, 0.2) is 24.3 Å². The fourth-order valence-electron chi connectivity index (χ4n) is 2.89. The Morgan fingerprint density at radius 3 is 2.68 bits per heavy atom. The van der Waals surface area contributed by atoms with Gasteiger partial charge in [-0.05, 0) is 50.7 Å². The van der Waals surface area contributed by atoms with Gasteiger partial charge in [0, 0.05) is 6.61 Å². The quantitative estimate of drug-likeness (QED) is 0.611. The van der Waals surface area contributed by atoms with Gasteiger partial charge < -0.3 is 4.74 Å². The van der Waals surface area contributed by atoms with Gasteiger partial charge >= 0.3 is 0 Å². The molecule has 1 saturated carbocycles. The molecule has 0 aromatic heterocycles. The predicted molar refractivity (Wildman–Crippen MR) is 78.8 cm³/mol. The first-order valence-electron chi connectivity index (χ1n) is 7.28. The van der Waals surface area contributed by atoms with E-state index < -0.39 is 0 Å². The fourth-order valence-corrected chi connectivity index (χ4v) is 2.89. The van der Waals surface area contributed by atoms with Gasteiger partial charge in [-0.15, -0.1) is 0 Å². The smallest absolute Gasteiger partial charge is 0.0833 e. The summed E-state index contributed by atoms with van der Waals surface area (Å²) in [5, 5.41) is 0. The van der Waals surface area contributed by atoms with Crippen molar-refractivity contribution in [3.63, 3.8) is 0 Å². The highest BCUT2D eigenvalue weighted by Crippen LogP contribution is 2.38. The molecule has 0 radical (unpaired) electrons. The minimum atomic E-state index is -0.318. The first-order chi connectivity index (χ1) is 9.08. The van der Waals surface area contributed by atoms with E-state index in [1.807, 2.05) is 6.92 Å². The Kier molecular flexibility index (Phi) is 4.61. The minimum absolute atomic E-state index is 0.00692. The summed E-state index contributed by atoms with van der Waals surface area (Å²) in [6, 6.07) is 8.79. The Hall–Kier alpha value is -0.900. The van der Waals surface area contributed by atoms with E-state index in [4.69, 9.17) is 10.6 Å². The molecule has 0 heterocycles. The average Bonchev–Trinajstić information content (AvgIpc) is 2.27. The van der Waals surface area contributed by atoms with Crippen LogP contribution < -0.4 is 11.3 Å². The molecular weight excluding hydrogens is 236 g/mol. The third-order valence-corrected chi connectivity index (χ3v) is 4.20.